The molecule has 5 heteroatoms. The van der Waals surface area contributed by atoms with E-state index in [-0.39, 0.29) is 0 Å². The van der Waals surface area contributed by atoms with E-state index in [0.717, 1.165) is 16.7 Å². The molecule has 122 valence electrons. The maximum Gasteiger partial charge on any atom is 0.258 e. The molecule has 3 aromatic rings. The predicted molar refractivity (Wildman–Crippen MR) is 92.2 cm³/mol. The fraction of sp³-hybridized carbons (Fsp3) is 0.158. The number of aryl methyl sites for hydroxylation is 1. The van der Waals surface area contributed by atoms with E-state index in [1.165, 1.54) is 0 Å². The first kappa shape index (κ1) is 15.8. The summed E-state index contributed by atoms with van der Waals surface area (Å²) in [5.41, 5.74) is 2.82. The van der Waals surface area contributed by atoms with Crippen molar-refractivity contribution in [3.05, 3.63) is 60.7 Å². The molecule has 0 saturated heterocycles. The first-order valence-corrected chi connectivity index (χ1v) is 7.54. The summed E-state index contributed by atoms with van der Waals surface area (Å²) in [4.78, 5) is 4.47. The Morgan fingerprint density at radius 2 is 2.00 bits per heavy atom. The van der Waals surface area contributed by atoms with Crippen molar-refractivity contribution in [2.24, 2.45) is 0 Å². The van der Waals surface area contributed by atoms with Gasteiger partial charge in [0, 0.05) is 11.1 Å². The van der Waals surface area contributed by atoms with E-state index in [9.17, 15) is 0 Å². The zero-order valence-electron chi connectivity index (χ0n) is 13.7. The van der Waals surface area contributed by atoms with Crippen molar-refractivity contribution >= 4 is 0 Å². The predicted octanol–water partition coefficient (Wildman–Crippen LogP) is 4.29. The van der Waals surface area contributed by atoms with E-state index >= 15 is 0 Å². The Morgan fingerprint density at radius 1 is 1.12 bits per heavy atom. The molecule has 0 aliphatic carbocycles. The van der Waals surface area contributed by atoms with Gasteiger partial charge in [-0.3, -0.25) is 0 Å². The molecule has 0 amide bonds. The Balaban J connectivity index is 1.91. The van der Waals surface area contributed by atoms with E-state index in [4.69, 9.17) is 14.0 Å². The van der Waals surface area contributed by atoms with Gasteiger partial charge in [0.1, 0.15) is 6.61 Å². The molecule has 3 rings (SSSR count). The number of aromatic nitrogens is 2. The van der Waals surface area contributed by atoms with Gasteiger partial charge < -0.3 is 14.0 Å². The number of ether oxygens (including phenoxy) is 2. The Hall–Kier alpha value is -3.08. The molecule has 1 heterocycles. The first-order chi connectivity index (χ1) is 11.7. The van der Waals surface area contributed by atoms with Gasteiger partial charge in [0.15, 0.2) is 11.5 Å². The van der Waals surface area contributed by atoms with Crippen LogP contribution in [-0.4, -0.2) is 23.9 Å². The zero-order chi connectivity index (χ0) is 16.9. The van der Waals surface area contributed by atoms with Crippen molar-refractivity contribution in [2.45, 2.75) is 6.92 Å². The van der Waals surface area contributed by atoms with Crippen LogP contribution in [0.1, 0.15) is 5.56 Å². The largest absolute Gasteiger partial charge is 0.493 e. The minimum atomic E-state index is 0.412. The minimum absolute atomic E-state index is 0.412. The molecule has 0 aliphatic heterocycles. The lowest BCUT2D eigenvalue weighted by atomic mass is 10.1. The van der Waals surface area contributed by atoms with Gasteiger partial charge in [0.25, 0.3) is 5.89 Å². The second kappa shape index (κ2) is 7.00. The summed E-state index contributed by atoms with van der Waals surface area (Å²) in [6, 6.07) is 13.4. The standard InChI is InChI=1S/C19H18N2O3/c1-4-10-23-16-9-8-14(12-17(16)22-3)18-20-19(24-21-18)15-7-5-6-13(2)11-15/h4-9,11-12H,1,10H2,2-3H3. The fourth-order valence-corrected chi connectivity index (χ4v) is 2.31. The van der Waals surface area contributed by atoms with Crippen LogP contribution in [-0.2, 0) is 0 Å². The van der Waals surface area contributed by atoms with Crippen molar-refractivity contribution in [1.82, 2.24) is 10.1 Å². The number of hydrogen-bond acceptors (Lipinski definition) is 5. The maximum absolute atomic E-state index is 5.55. The molecule has 0 radical (unpaired) electrons. The third-order valence-electron chi connectivity index (χ3n) is 3.47. The minimum Gasteiger partial charge on any atom is -0.493 e. The summed E-state index contributed by atoms with van der Waals surface area (Å²) in [6.45, 7) is 6.07. The van der Waals surface area contributed by atoms with Gasteiger partial charge in [-0.1, -0.05) is 35.5 Å². The number of rotatable bonds is 6. The summed E-state index contributed by atoms with van der Waals surface area (Å²) < 4.78 is 16.3. The van der Waals surface area contributed by atoms with Crippen LogP contribution in [0.25, 0.3) is 22.8 Å². The summed E-state index contributed by atoms with van der Waals surface area (Å²) in [5, 5.41) is 4.06. The van der Waals surface area contributed by atoms with Crippen LogP contribution in [0.2, 0.25) is 0 Å². The maximum atomic E-state index is 5.55. The molecule has 0 unspecified atom stereocenters. The van der Waals surface area contributed by atoms with Crippen LogP contribution in [0.15, 0.2) is 59.6 Å². The molecule has 0 N–H and O–H groups in total. The highest BCUT2D eigenvalue weighted by atomic mass is 16.5. The summed E-state index contributed by atoms with van der Waals surface area (Å²) >= 11 is 0. The Morgan fingerprint density at radius 3 is 2.75 bits per heavy atom. The van der Waals surface area contributed by atoms with E-state index < -0.39 is 0 Å². The smallest absolute Gasteiger partial charge is 0.258 e. The third kappa shape index (κ3) is 3.30. The Bertz CT molecular complexity index is 855. The normalized spacial score (nSPS) is 10.4. The van der Waals surface area contributed by atoms with Gasteiger partial charge >= 0.3 is 0 Å². The van der Waals surface area contributed by atoms with Crippen molar-refractivity contribution in [3.63, 3.8) is 0 Å². The van der Waals surface area contributed by atoms with Gasteiger partial charge in [0.05, 0.1) is 7.11 Å². The van der Waals surface area contributed by atoms with Crippen molar-refractivity contribution in [1.29, 1.82) is 0 Å². The van der Waals surface area contributed by atoms with Crippen LogP contribution in [0.4, 0.5) is 0 Å². The van der Waals surface area contributed by atoms with E-state index in [2.05, 4.69) is 16.7 Å². The number of nitrogens with zero attached hydrogens (tertiary/aromatic N) is 2. The summed E-state index contributed by atoms with van der Waals surface area (Å²) in [7, 11) is 1.59. The summed E-state index contributed by atoms with van der Waals surface area (Å²) in [5.74, 6) is 2.24. The highest BCUT2D eigenvalue weighted by Crippen LogP contribution is 2.32. The average Bonchev–Trinajstić information content (AvgIpc) is 3.10. The second-order valence-corrected chi connectivity index (χ2v) is 5.26. The molecule has 0 aliphatic rings. The SMILES string of the molecule is C=CCOc1ccc(-c2noc(-c3cccc(C)c3)n2)cc1OC. The van der Waals surface area contributed by atoms with E-state index in [1.807, 2.05) is 49.4 Å². The second-order valence-electron chi connectivity index (χ2n) is 5.26. The van der Waals surface area contributed by atoms with E-state index in [1.54, 1.807) is 13.2 Å². The molecule has 0 saturated carbocycles. The van der Waals surface area contributed by atoms with Gasteiger partial charge in [0.2, 0.25) is 5.82 Å². The van der Waals surface area contributed by atoms with Crippen molar-refractivity contribution in [2.75, 3.05) is 13.7 Å². The van der Waals surface area contributed by atoms with Crippen molar-refractivity contribution in [3.8, 4) is 34.3 Å². The highest BCUT2D eigenvalue weighted by molar-refractivity contribution is 5.63. The Labute approximate surface area is 140 Å². The lowest BCUT2D eigenvalue weighted by Crippen LogP contribution is -1.96. The lowest BCUT2D eigenvalue weighted by molar-refractivity contribution is 0.326. The topological polar surface area (TPSA) is 57.4 Å². The Kier molecular flexibility index (Phi) is 4.61. The number of methoxy groups -OCH3 is 1. The van der Waals surface area contributed by atoms with Gasteiger partial charge in [-0.15, -0.1) is 0 Å². The van der Waals surface area contributed by atoms with Crippen LogP contribution < -0.4 is 9.47 Å². The van der Waals surface area contributed by atoms with Gasteiger partial charge in [-0.25, -0.2) is 0 Å². The molecule has 0 spiro atoms. The molecular formula is C19H18N2O3. The molecule has 24 heavy (non-hydrogen) atoms. The average molecular weight is 322 g/mol. The number of hydrogen-bond donors (Lipinski definition) is 0. The highest BCUT2D eigenvalue weighted by Gasteiger charge is 2.13. The van der Waals surface area contributed by atoms with Gasteiger partial charge in [-0.2, -0.15) is 4.98 Å². The molecule has 2 aromatic carbocycles. The molecule has 5 nitrogen and oxygen atoms in total. The van der Waals surface area contributed by atoms with E-state index in [0.29, 0.717) is 29.8 Å². The van der Waals surface area contributed by atoms with Crippen LogP contribution in [0.3, 0.4) is 0 Å². The number of benzene rings is 2. The van der Waals surface area contributed by atoms with Crippen LogP contribution in [0.5, 0.6) is 11.5 Å². The molecule has 0 bridgehead atoms. The molecule has 0 atom stereocenters. The van der Waals surface area contributed by atoms with Crippen LogP contribution in [0, 0.1) is 6.92 Å². The third-order valence-corrected chi connectivity index (χ3v) is 3.47. The van der Waals surface area contributed by atoms with Gasteiger partial charge in [-0.05, 0) is 37.3 Å². The summed E-state index contributed by atoms with van der Waals surface area (Å²) in [6.07, 6.45) is 1.68. The van der Waals surface area contributed by atoms with Crippen molar-refractivity contribution < 1.29 is 14.0 Å². The fourth-order valence-electron chi connectivity index (χ4n) is 2.31. The first-order valence-electron chi connectivity index (χ1n) is 7.54. The van der Waals surface area contributed by atoms with Crippen LogP contribution >= 0.6 is 0 Å². The quantitative estimate of drug-likeness (QED) is 0.634. The molecule has 0 fully saturated rings. The zero-order valence-corrected chi connectivity index (χ0v) is 13.7. The molecule has 1 aromatic heterocycles. The lowest BCUT2D eigenvalue weighted by Gasteiger charge is -2.09. The molecular weight excluding hydrogens is 304 g/mol. The monoisotopic (exact) mass is 322 g/mol.